The molecule has 1 saturated heterocycles. The number of ether oxygens (including phenoxy) is 1. The van der Waals surface area contributed by atoms with Crippen molar-refractivity contribution >= 4 is 5.91 Å². The van der Waals surface area contributed by atoms with E-state index in [9.17, 15) is 4.79 Å². The van der Waals surface area contributed by atoms with Crippen molar-refractivity contribution in [2.24, 2.45) is 5.92 Å². The van der Waals surface area contributed by atoms with Crippen molar-refractivity contribution < 1.29 is 14.1 Å². The molecule has 174 valence electrons. The second kappa shape index (κ2) is 10.6. The minimum atomic E-state index is -0.0678. The van der Waals surface area contributed by atoms with Crippen molar-refractivity contribution in [3.8, 4) is 17.1 Å². The number of hydrogen-bond donors (Lipinski definition) is 1. The SMILES string of the molecule is Cc1ccc(OCC(C)NC(=O)C2CCCN(Cc3nc(-c4ccccc4C)no3)C2)cc1. The fraction of sp³-hybridized carbons (Fsp3) is 0.423. The normalized spacial score (nSPS) is 17.5. The van der Waals surface area contributed by atoms with Crippen molar-refractivity contribution in [2.75, 3.05) is 19.7 Å². The molecule has 2 heterocycles. The number of nitrogens with zero attached hydrogens (tertiary/aromatic N) is 3. The number of likely N-dealkylation sites (tertiary alicyclic amines) is 1. The van der Waals surface area contributed by atoms with E-state index < -0.39 is 0 Å². The molecule has 1 N–H and O–H groups in total. The number of benzene rings is 2. The molecule has 7 nitrogen and oxygen atoms in total. The lowest BCUT2D eigenvalue weighted by Crippen LogP contribution is -2.46. The molecular formula is C26H32N4O3. The van der Waals surface area contributed by atoms with Crippen molar-refractivity contribution in [2.45, 2.75) is 46.2 Å². The lowest BCUT2D eigenvalue weighted by molar-refractivity contribution is -0.127. The number of hydrogen-bond acceptors (Lipinski definition) is 6. The smallest absolute Gasteiger partial charge is 0.241 e. The Balaban J connectivity index is 1.27. The van der Waals surface area contributed by atoms with Crippen molar-refractivity contribution in [1.82, 2.24) is 20.4 Å². The predicted octanol–water partition coefficient (Wildman–Crippen LogP) is 4.15. The summed E-state index contributed by atoms with van der Waals surface area (Å²) in [5.41, 5.74) is 3.28. The molecule has 1 aliphatic rings. The van der Waals surface area contributed by atoms with Crippen molar-refractivity contribution in [3.05, 3.63) is 65.5 Å². The Morgan fingerprint density at radius 1 is 1.21 bits per heavy atom. The zero-order valence-corrected chi connectivity index (χ0v) is 19.6. The summed E-state index contributed by atoms with van der Waals surface area (Å²) in [4.78, 5) is 19.6. The van der Waals surface area contributed by atoms with Gasteiger partial charge in [0.15, 0.2) is 0 Å². The van der Waals surface area contributed by atoms with Crippen molar-refractivity contribution in [1.29, 1.82) is 0 Å². The van der Waals surface area contributed by atoms with E-state index in [2.05, 4.69) is 20.4 Å². The van der Waals surface area contributed by atoms with E-state index in [4.69, 9.17) is 9.26 Å². The fourth-order valence-electron chi connectivity index (χ4n) is 4.11. The van der Waals surface area contributed by atoms with Crippen LogP contribution in [-0.2, 0) is 11.3 Å². The van der Waals surface area contributed by atoms with Crippen LogP contribution in [-0.4, -0.2) is 46.7 Å². The van der Waals surface area contributed by atoms with E-state index in [1.807, 2.05) is 69.3 Å². The summed E-state index contributed by atoms with van der Waals surface area (Å²) in [6.07, 6.45) is 1.84. The summed E-state index contributed by atoms with van der Waals surface area (Å²) in [5.74, 6) is 2.02. The summed E-state index contributed by atoms with van der Waals surface area (Å²) >= 11 is 0. The number of carbonyl (C=O) groups excluding carboxylic acids is 1. The standard InChI is InChI=1S/C26H32N4O3/c1-18-10-12-22(13-11-18)32-17-20(3)27-26(31)21-8-6-14-30(15-21)16-24-28-25(29-33-24)23-9-5-4-7-19(23)2/h4-5,7,9-13,20-21H,6,8,14-17H2,1-3H3,(H,27,31). The van der Waals surface area contributed by atoms with Crippen molar-refractivity contribution in [3.63, 3.8) is 0 Å². The molecule has 0 bridgehead atoms. The molecule has 1 aliphatic heterocycles. The van der Waals surface area contributed by atoms with Gasteiger partial charge in [-0.3, -0.25) is 9.69 Å². The van der Waals surface area contributed by atoms with E-state index in [1.54, 1.807) is 0 Å². The molecule has 1 amide bonds. The molecule has 0 radical (unpaired) electrons. The van der Waals surface area contributed by atoms with Gasteiger partial charge in [-0.25, -0.2) is 0 Å². The molecule has 2 aromatic carbocycles. The summed E-state index contributed by atoms with van der Waals surface area (Å²) in [6, 6.07) is 15.9. The highest BCUT2D eigenvalue weighted by Gasteiger charge is 2.27. The fourth-order valence-corrected chi connectivity index (χ4v) is 4.11. The average Bonchev–Trinajstić information content (AvgIpc) is 3.27. The summed E-state index contributed by atoms with van der Waals surface area (Å²) in [5, 5.41) is 7.26. The Labute approximate surface area is 195 Å². The monoisotopic (exact) mass is 448 g/mol. The molecule has 1 fully saturated rings. The first kappa shape index (κ1) is 23.0. The molecule has 33 heavy (non-hydrogen) atoms. The minimum absolute atomic E-state index is 0.0562. The molecular weight excluding hydrogens is 416 g/mol. The Bertz CT molecular complexity index is 1060. The van der Waals surface area contributed by atoms with E-state index in [-0.39, 0.29) is 17.9 Å². The number of amides is 1. The van der Waals surface area contributed by atoms with Crippen LogP contribution in [0.15, 0.2) is 53.1 Å². The molecule has 0 aliphatic carbocycles. The lowest BCUT2D eigenvalue weighted by atomic mass is 9.97. The number of aryl methyl sites for hydroxylation is 2. The van der Waals surface area contributed by atoms with E-state index >= 15 is 0 Å². The average molecular weight is 449 g/mol. The van der Waals surface area contributed by atoms with Crippen LogP contribution in [0.5, 0.6) is 5.75 Å². The van der Waals surface area contributed by atoms with Gasteiger partial charge in [-0.2, -0.15) is 4.98 Å². The number of rotatable bonds is 8. The highest BCUT2D eigenvalue weighted by molar-refractivity contribution is 5.79. The van der Waals surface area contributed by atoms with Gasteiger partial charge in [-0.1, -0.05) is 47.1 Å². The van der Waals surface area contributed by atoms with Crippen LogP contribution in [0.3, 0.4) is 0 Å². The largest absolute Gasteiger partial charge is 0.491 e. The third-order valence-electron chi connectivity index (χ3n) is 6.00. The first-order valence-corrected chi connectivity index (χ1v) is 11.6. The highest BCUT2D eigenvalue weighted by atomic mass is 16.5. The maximum Gasteiger partial charge on any atom is 0.241 e. The third kappa shape index (κ3) is 6.20. The van der Waals surface area contributed by atoms with E-state index in [0.29, 0.717) is 31.4 Å². The quantitative estimate of drug-likeness (QED) is 0.558. The van der Waals surface area contributed by atoms with Crippen LogP contribution in [0.1, 0.15) is 36.8 Å². The van der Waals surface area contributed by atoms with Gasteiger partial charge in [0.2, 0.25) is 17.6 Å². The summed E-state index contributed by atoms with van der Waals surface area (Å²) in [7, 11) is 0. The van der Waals surface area contributed by atoms with E-state index in [0.717, 1.165) is 36.3 Å². The number of aromatic nitrogens is 2. The van der Waals surface area contributed by atoms with Gasteiger partial charge in [0.05, 0.1) is 18.5 Å². The number of piperidine rings is 1. The lowest BCUT2D eigenvalue weighted by Gasteiger charge is -2.31. The van der Waals surface area contributed by atoms with Gasteiger partial charge < -0.3 is 14.6 Å². The predicted molar refractivity (Wildman–Crippen MR) is 127 cm³/mol. The molecule has 2 atom stereocenters. The summed E-state index contributed by atoms with van der Waals surface area (Å²) in [6.45, 7) is 8.63. The van der Waals surface area contributed by atoms with E-state index in [1.165, 1.54) is 5.56 Å². The molecule has 1 aromatic heterocycles. The second-order valence-corrected chi connectivity index (χ2v) is 8.93. The van der Waals surface area contributed by atoms with Crippen LogP contribution in [0.25, 0.3) is 11.4 Å². The zero-order valence-electron chi connectivity index (χ0n) is 19.6. The van der Waals surface area contributed by atoms with Crippen LogP contribution in [0, 0.1) is 19.8 Å². The Morgan fingerprint density at radius 2 is 2.00 bits per heavy atom. The topological polar surface area (TPSA) is 80.5 Å². The summed E-state index contributed by atoms with van der Waals surface area (Å²) < 4.78 is 11.3. The van der Waals surface area contributed by atoms with Gasteiger partial charge in [0.25, 0.3) is 0 Å². The van der Waals surface area contributed by atoms with Gasteiger partial charge in [-0.15, -0.1) is 0 Å². The number of nitrogens with one attached hydrogen (secondary N) is 1. The van der Waals surface area contributed by atoms with Crippen LogP contribution < -0.4 is 10.1 Å². The molecule has 0 saturated carbocycles. The molecule has 7 heteroatoms. The first-order valence-electron chi connectivity index (χ1n) is 11.6. The third-order valence-corrected chi connectivity index (χ3v) is 6.00. The zero-order chi connectivity index (χ0) is 23.2. The minimum Gasteiger partial charge on any atom is -0.491 e. The molecule has 3 aromatic rings. The Hall–Kier alpha value is -3.19. The molecule has 4 rings (SSSR count). The highest BCUT2D eigenvalue weighted by Crippen LogP contribution is 2.22. The van der Waals surface area contributed by atoms with Crippen LogP contribution in [0.4, 0.5) is 0 Å². The van der Waals surface area contributed by atoms with Gasteiger partial charge in [0.1, 0.15) is 12.4 Å². The van der Waals surface area contributed by atoms with Gasteiger partial charge >= 0.3 is 0 Å². The van der Waals surface area contributed by atoms with Crippen LogP contribution >= 0.6 is 0 Å². The maximum atomic E-state index is 12.8. The number of carbonyl (C=O) groups is 1. The molecule has 0 spiro atoms. The van der Waals surface area contributed by atoms with Crippen LogP contribution in [0.2, 0.25) is 0 Å². The molecule has 2 unspecified atom stereocenters. The van der Waals surface area contributed by atoms with Gasteiger partial charge in [0, 0.05) is 12.1 Å². The Kier molecular flexibility index (Phi) is 7.40. The first-order chi connectivity index (χ1) is 16.0. The second-order valence-electron chi connectivity index (χ2n) is 8.93. The Morgan fingerprint density at radius 3 is 2.79 bits per heavy atom. The van der Waals surface area contributed by atoms with Gasteiger partial charge in [-0.05, 0) is 57.9 Å². The maximum absolute atomic E-state index is 12.8.